The van der Waals surface area contributed by atoms with Crippen molar-refractivity contribution in [2.45, 2.75) is 90.3 Å². The van der Waals surface area contributed by atoms with E-state index in [0.29, 0.717) is 38.1 Å². The first kappa shape index (κ1) is 34.6. The number of nitrogens with zero attached hydrogens (tertiary/aromatic N) is 3. The van der Waals surface area contributed by atoms with Crippen molar-refractivity contribution in [1.29, 1.82) is 0 Å². The third-order valence-corrected chi connectivity index (χ3v) is 8.38. The van der Waals surface area contributed by atoms with Gasteiger partial charge >= 0.3 is 0 Å². The zero-order valence-corrected chi connectivity index (χ0v) is 26.9. The van der Waals surface area contributed by atoms with E-state index in [1.165, 1.54) is 30.4 Å². The highest BCUT2D eigenvalue weighted by molar-refractivity contribution is 6.02. The number of benzene rings is 1. The average Bonchev–Trinajstić information content (AvgIpc) is 3.58. The third-order valence-electron chi connectivity index (χ3n) is 8.38. The molecule has 4 atom stereocenters. The number of likely N-dealkylation sites (tertiary alicyclic amines) is 1. The smallest absolute Gasteiger partial charge is 0.275 e. The van der Waals surface area contributed by atoms with Crippen LogP contribution in [-0.4, -0.2) is 80.8 Å². The molecule has 2 aromatic rings. The maximum atomic E-state index is 13.9. The summed E-state index contributed by atoms with van der Waals surface area (Å²) < 4.78 is 5.37. The van der Waals surface area contributed by atoms with E-state index in [4.69, 9.17) is 4.74 Å². The number of ether oxygens (including phenoxy) is 1. The van der Waals surface area contributed by atoms with Crippen molar-refractivity contribution in [3.63, 3.8) is 0 Å². The second kappa shape index (κ2) is 15.3. The molecule has 3 amide bonds. The Balaban J connectivity index is 1.51. The number of carbonyl (C=O) groups excluding carboxylic acids is 6. The quantitative estimate of drug-likeness (QED) is 0.264. The van der Waals surface area contributed by atoms with Crippen molar-refractivity contribution in [2.24, 2.45) is 11.8 Å². The zero-order chi connectivity index (χ0) is 33.4. The molecule has 3 heterocycles. The number of nitrogens with one attached hydrogen (secondary N) is 2. The predicted octanol–water partition coefficient (Wildman–Crippen LogP) is 3.10. The van der Waals surface area contributed by atoms with Crippen molar-refractivity contribution < 1.29 is 33.5 Å². The second-order valence-corrected chi connectivity index (χ2v) is 12.8. The van der Waals surface area contributed by atoms with E-state index >= 15 is 0 Å². The van der Waals surface area contributed by atoms with Crippen molar-refractivity contribution in [1.82, 2.24) is 20.2 Å². The number of amides is 3. The zero-order valence-electron chi connectivity index (χ0n) is 26.9. The minimum Gasteiger partial charge on any atom is -0.361 e. The first-order valence-electron chi connectivity index (χ1n) is 15.8. The molecule has 0 aliphatic carbocycles. The number of hydrogen-bond acceptors (Lipinski definition) is 9. The Labute approximate surface area is 269 Å². The molecule has 0 unspecified atom stereocenters. The van der Waals surface area contributed by atoms with Crippen molar-refractivity contribution in [2.75, 3.05) is 18.5 Å². The molecular weight excluding hydrogens is 590 g/mol. The number of Topliss-reactive ketones (excluding diaryl/α,β-unsaturated/α-hetero) is 3. The van der Waals surface area contributed by atoms with Crippen LogP contribution < -0.4 is 10.6 Å². The first-order valence-corrected chi connectivity index (χ1v) is 15.8. The molecule has 2 fully saturated rings. The highest BCUT2D eigenvalue weighted by Crippen LogP contribution is 2.30. The van der Waals surface area contributed by atoms with E-state index in [2.05, 4.69) is 20.6 Å². The number of ketones is 3. The Hall–Kier alpha value is -4.32. The number of carbonyl (C=O) groups is 6. The van der Waals surface area contributed by atoms with Crippen LogP contribution in [0.2, 0.25) is 0 Å². The van der Waals surface area contributed by atoms with Gasteiger partial charge in [-0.2, -0.15) is 0 Å². The van der Waals surface area contributed by atoms with Crippen LogP contribution in [0.15, 0.2) is 42.9 Å². The number of rotatable bonds is 16. The van der Waals surface area contributed by atoms with Crippen LogP contribution in [0.25, 0.3) is 0 Å². The average molecular weight is 634 g/mol. The van der Waals surface area contributed by atoms with E-state index in [9.17, 15) is 28.8 Å². The Kier molecular flexibility index (Phi) is 11.5. The number of anilines is 1. The van der Waals surface area contributed by atoms with Gasteiger partial charge in [-0.1, -0.05) is 26.0 Å². The Bertz CT molecular complexity index is 1440. The fraction of sp³-hybridized carbons (Fsp3) is 0.529. The standard InChI is InChI=1S/C34H43N5O7/c1-21(2)16-26(31(43)34(4)20-46-34)38-32(44)24(18-29(41)28-6-5-15-39(28)30(42)12-7-22(3)40)17-23-8-10-25(11-9-23)37-33(45)27-19-35-13-14-36-27/h8-11,13-14,19,21,24,26,28H,5-7,12,15-18,20H2,1-4H3,(H,37,45)(H,38,44)/t24-,26+,28+,34-/m1/s1. The summed E-state index contributed by atoms with van der Waals surface area (Å²) in [5.74, 6) is -2.31. The monoisotopic (exact) mass is 633 g/mol. The lowest BCUT2D eigenvalue weighted by Crippen LogP contribution is -2.49. The highest BCUT2D eigenvalue weighted by Gasteiger charge is 2.50. The maximum Gasteiger partial charge on any atom is 0.275 e. The largest absolute Gasteiger partial charge is 0.361 e. The molecule has 0 spiro atoms. The minimum absolute atomic E-state index is 0.0442. The van der Waals surface area contributed by atoms with Crippen LogP contribution in [-0.2, 0) is 35.1 Å². The normalized spacial score (nSPS) is 20.1. The molecule has 2 saturated heterocycles. The summed E-state index contributed by atoms with van der Waals surface area (Å²) in [6, 6.07) is 5.49. The van der Waals surface area contributed by atoms with E-state index < -0.39 is 35.4 Å². The van der Waals surface area contributed by atoms with Crippen LogP contribution in [0.3, 0.4) is 0 Å². The van der Waals surface area contributed by atoms with Gasteiger partial charge in [0, 0.05) is 49.8 Å². The summed E-state index contributed by atoms with van der Waals surface area (Å²) >= 11 is 0. The van der Waals surface area contributed by atoms with Crippen LogP contribution in [0.5, 0.6) is 0 Å². The molecule has 0 radical (unpaired) electrons. The van der Waals surface area contributed by atoms with Gasteiger partial charge in [-0.15, -0.1) is 0 Å². The highest BCUT2D eigenvalue weighted by atomic mass is 16.6. The number of aromatic nitrogens is 2. The third kappa shape index (κ3) is 9.35. The van der Waals surface area contributed by atoms with Gasteiger partial charge in [0.25, 0.3) is 5.91 Å². The first-order chi connectivity index (χ1) is 21.9. The number of hydrogen-bond donors (Lipinski definition) is 2. The van der Waals surface area contributed by atoms with Crippen LogP contribution in [0.1, 0.15) is 82.3 Å². The lowest BCUT2D eigenvalue weighted by Gasteiger charge is -2.27. The summed E-state index contributed by atoms with van der Waals surface area (Å²) in [5.41, 5.74) is 0.505. The molecule has 0 bridgehead atoms. The van der Waals surface area contributed by atoms with Crippen molar-refractivity contribution in [3.05, 3.63) is 54.1 Å². The van der Waals surface area contributed by atoms with Gasteiger partial charge in [-0.3, -0.25) is 29.0 Å². The molecule has 2 aliphatic heterocycles. The van der Waals surface area contributed by atoms with Gasteiger partial charge in [0.05, 0.1) is 24.9 Å². The predicted molar refractivity (Wildman–Crippen MR) is 169 cm³/mol. The molecule has 1 aromatic carbocycles. The summed E-state index contributed by atoms with van der Waals surface area (Å²) in [6.07, 6.45) is 6.05. The fourth-order valence-electron chi connectivity index (χ4n) is 5.69. The van der Waals surface area contributed by atoms with E-state index in [-0.39, 0.29) is 60.6 Å². The van der Waals surface area contributed by atoms with Gasteiger partial charge in [-0.05, 0) is 63.1 Å². The minimum atomic E-state index is -0.922. The molecule has 4 rings (SSSR count). The topological polar surface area (TPSA) is 168 Å². The molecule has 2 aliphatic rings. The Morgan fingerprint density at radius 2 is 1.78 bits per heavy atom. The van der Waals surface area contributed by atoms with E-state index in [0.717, 1.165) is 5.56 Å². The second-order valence-electron chi connectivity index (χ2n) is 12.8. The van der Waals surface area contributed by atoms with Crippen LogP contribution >= 0.6 is 0 Å². The molecule has 12 heteroatoms. The molecule has 246 valence electrons. The van der Waals surface area contributed by atoms with Crippen molar-refractivity contribution >= 4 is 40.8 Å². The molecule has 46 heavy (non-hydrogen) atoms. The molecule has 1 aromatic heterocycles. The number of epoxide rings is 1. The summed E-state index contributed by atoms with van der Waals surface area (Å²) in [4.78, 5) is 87.0. The molecule has 0 saturated carbocycles. The van der Waals surface area contributed by atoms with Gasteiger partial charge in [0.1, 0.15) is 17.1 Å². The van der Waals surface area contributed by atoms with Crippen LogP contribution in [0, 0.1) is 11.8 Å². The van der Waals surface area contributed by atoms with Gasteiger partial charge in [-0.25, -0.2) is 4.98 Å². The molecular formula is C34H43N5O7. The fourth-order valence-corrected chi connectivity index (χ4v) is 5.69. The van der Waals surface area contributed by atoms with Gasteiger partial charge in [0.15, 0.2) is 11.6 Å². The van der Waals surface area contributed by atoms with E-state index in [1.54, 1.807) is 31.2 Å². The summed E-state index contributed by atoms with van der Waals surface area (Å²) in [6.45, 7) is 7.79. The van der Waals surface area contributed by atoms with Crippen LogP contribution in [0.4, 0.5) is 5.69 Å². The van der Waals surface area contributed by atoms with Crippen molar-refractivity contribution in [3.8, 4) is 0 Å². The summed E-state index contributed by atoms with van der Waals surface area (Å²) in [5, 5.41) is 5.68. The Morgan fingerprint density at radius 3 is 2.39 bits per heavy atom. The lowest BCUT2D eigenvalue weighted by molar-refractivity contribution is -0.139. The molecule has 12 nitrogen and oxygen atoms in total. The lowest BCUT2D eigenvalue weighted by atomic mass is 9.88. The SMILES string of the molecule is CC(=O)CCC(=O)N1CCC[C@H]1C(=O)C[C@@H](Cc1ccc(NC(=O)c2cnccn2)cc1)C(=O)N[C@@H](CC(C)C)C(=O)[C@@]1(C)CO1. The van der Waals surface area contributed by atoms with Gasteiger partial charge < -0.3 is 25.1 Å². The van der Waals surface area contributed by atoms with Gasteiger partial charge in [0.2, 0.25) is 11.8 Å². The van der Waals surface area contributed by atoms with E-state index in [1.807, 2.05) is 13.8 Å². The summed E-state index contributed by atoms with van der Waals surface area (Å²) in [7, 11) is 0. The molecule has 2 N–H and O–H groups in total. The maximum absolute atomic E-state index is 13.9. The Morgan fingerprint density at radius 1 is 1.07 bits per heavy atom.